The highest BCUT2D eigenvalue weighted by Crippen LogP contribution is 2.08. The van der Waals surface area contributed by atoms with E-state index < -0.39 is 0 Å². The van der Waals surface area contributed by atoms with Crippen LogP contribution in [-0.4, -0.2) is 25.1 Å². The van der Waals surface area contributed by atoms with Crippen molar-refractivity contribution in [2.75, 3.05) is 0 Å². The first-order chi connectivity index (χ1) is 6.77. The van der Waals surface area contributed by atoms with E-state index in [0.717, 1.165) is 5.69 Å². The second-order valence-corrected chi connectivity index (χ2v) is 2.94. The van der Waals surface area contributed by atoms with Gasteiger partial charge in [-0.25, -0.2) is 4.68 Å². The van der Waals surface area contributed by atoms with Crippen LogP contribution >= 0.6 is 0 Å². The standard InChI is InChI=1S/C7H10N6O/c1-5(8)6-2-10-12-13(6)3-7-9-4-11-14-7/h2,4-5H,3,8H2,1H3. The van der Waals surface area contributed by atoms with Crippen molar-refractivity contribution in [1.82, 2.24) is 25.1 Å². The molecule has 0 saturated carbocycles. The summed E-state index contributed by atoms with van der Waals surface area (Å²) in [5, 5.41) is 11.1. The van der Waals surface area contributed by atoms with E-state index >= 15 is 0 Å². The number of aromatic nitrogens is 5. The van der Waals surface area contributed by atoms with E-state index in [1.807, 2.05) is 6.92 Å². The summed E-state index contributed by atoms with van der Waals surface area (Å²) in [6, 6.07) is -0.118. The van der Waals surface area contributed by atoms with Gasteiger partial charge in [0.2, 0.25) is 5.89 Å². The number of hydrogen-bond acceptors (Lipinski definition) is 6. The zero-order chi connectivity index (χ0) is 9.97. The first-order valence-corrected chi connectivity index (χ1v) is 4.17. The molecule has 0 saturated heterocycles. The van der Waals surface area contributed by atoms with Gasteiger partial charge in [-0.2, -0.15) is 4.98 Å². The Hall–Kier alpha value is -1.76. The normalized spacial score (nSPS) is 13.0. The van der Waals surface area contributed by atoms with Crippen molar-refractivity contribution in [3.63, 3.8) is 0 Å². The topological polar surface area (TPSA) is 95.7 Å². The fourth-order valence-electron chi connectivity index (χ4n) is 1.13. The minimum Gasteiger partial charge on any atom is -0.338 e. The van der Waals surface area contributed by atoms with E-state index in [0.29, 0.717) is 12.4 Å². The van der Waals surface area contributed by atoms with Gasteiger partial charge in [0.05, 0.1) is 11.9 Å². The van der Waals surface area contributed by atoms with Crippen LogP contribution in [0.4, 0.5) is 0 Å². The first kappa shape index (κ1) is 8.82. The van der Waals surface area contributed by atoms with Crippen LogP contribution in [0.25, 0.3) is 0 Å². The molecule has 0 aliphatic rings. The molecule has 0 amide bonds. The van der Waals surface area contributed by atoms with Crippen molar-refractivity contribution < 1.29 is 4.52 Å². The summed E-state index contributed by atoms with van der Waals surface area (Å²) in [6.07, 6.45) is 2.97. The molecule has 2 rings (SSSR count). The molecule has 1 unspecified atom stereocenters. The first-order valence-electron chi connectivity index (χ1n) is 4.17. The van der Waals surface area contributed by atoms with Crippen molar-refractivity contribution in [3.8, 4) is 0 Å². The Morgan fingerprint density at radius 1 is 1.64 bits per heavy atom. The summed E-state index contributed by atoms with van der Waals surface area (Å²) in [5.41, 5.74) is 6.56. The molecule has 2 N–H and O–H groups in total. The minimum absolute atomic E-state index is 0.118. The Kier molecular flexibility index (Phi) is 2.23. The molecular weight excluding hydrogens is 184 g/mol. The third kappa shape index (κ3) is 1.62. The molecule has 7 heteroatoms. The summed E-state index contributed by atoms with van der Waals surface area (Å²) in [4.78, 5) is 3.88. The minimum atomic E-state index is -0.118. The van der Waals surface area contributed by atoms with Gasteiger partial charge in [0.15, 0.2) is 6.33 Å². The van der Waals surface area contributed by atoms with Crippen molar-refractivity contribution in [3.05, 3.63) is 24.1 Å². The maximum absolute atomic E-state index is 5.72. The van der Waals surface area contributed by atoms with Crippen molar-refractivity contribution in [2.45, 2.75) is 19.5 Å². The largest absolute Gasteiger partial charge is 0.338 e. The van der Waals surface area contributed by atoms with Gasteiger partial charge in [0, 0.05) is 6.04 Å². The smallest absolute Gasteiger partial charge is 0.248 e. The molecule has 0 spiro atoms. The second kappa shape index (κ2) is 3.54. The Bertz CT molecular complexity index is 392. The Balaban J connectivity index is 2.21. The second-order valence-electron chi connectivity index (χ2n) is 2.94. The predicted octanol–water partition coefficient (Wildman–Crippen LogP) is -0.271. The number of hydrogen-bond donors (Lipinski definition) is 1. The van der Waals surface area contributed by atoms with Crippen LogP contribution in [0.1, 0.15) is 24.6 Å². The number of rotatable bonds is 3. The highest BCUT2D eigenvalue weighted by molar-refractivity contribution is 5.00. The predicted molar refractivity (Wildman–Crippen MR) is 46.0 cm³/mol. The van der Waals surface area contributed by atoms with E-state index in [-0.39, 0.29) is 6.04 Å². The van der Waals surface area contributed by atoms with E-state index in [1.165, 1.54) is 6.33 Å². The maximum atomic E-state index is 5.72. The molecule has 2 heterocycles. The van der Waals surface area contributed by atoms with E-state index in [2.05, 4.69) is 20.5 Å². The number of nitrogens with two attached hydrogens (primary N) is 1. The van der Waals surface area contributed by atoms with Crippen molar-refractivity contribution in [2.24, 2.45) is 5.73 Å². The van der Waals surface area contributed by atoms with Crippen LogP contribution in [0.2, 0.25) is 0 Å². The fraction of sp³-hybridized carbons (Fsp3) is 0.429. The zero-order valence-corrected chi connectivity index (χ0v) is 7.66. The van der Waals surface area contributed by atoms with Crippen LogP contribution in [0, 0.1) is 0 Å². The highest BCUT2D eigenvalue weighted by Gasteiger charge is 2.10. The zero-order valence-electron chi connectivity index (χ0n) is 7.66. The third-order valence-electron chi connectivity index (χ3n) is 1.81. The molecule has 0 fully saturated rings. The van der Waals surface area contributed by atoms with Gasteiger partial charge in [0.1, 0.15) is 6.54 Å². The average Bonchev–Trinajstić information content (AvgIpc) is 2.75. The SMILES string of the molecule is CC(N)c1cnnn1Cc1ncno1. The van der Waals surface area contributed by atoms with Crippen LogP contribution in [0.15, 0.2) is 17.0 Å². The lowest BCUT2D eigenvalue weighted by atomic mass is 10.3. The molecule has 0 aromatic carbocycles. The van der Waals surface area contributed by atoms with E-state index in [1.54, 1.807) is 10.9 Å². The Labute approximate surface area is 79.9 Å². The van der Waals surface area contributed by atoms with Gasteiger partial charge >= 0.3 is 0 Å². The fourth-order valence-corrected chi connectivity index (χ4v) is 1.13. The van der Waals surface area contributed by atoms with Crippen LogP contribution < -0.4 is 5.73 Å². The molecule has 0 aliphatic carbocycles. The Morgan fingerprint density at radius 3 is 3.14 bits per heavy atom. The third-order valence-corrected chi connectivity index (χ3v) is 1.81. The van der Waals surface area contributed by atoms with Crippen LogP contribution in [0.3, 0.4) is 0 Å². The van der Waals surface area contributed by atoms with Crippen molar-refractivity contribution in [1.29, 1.82) is 0 Å². The molecular formula is C7H10N6O. The van der Waals surface area contributed by atoms with Gasteiger partial charge in [-0.05, 0) is 6.92 Å². The van der Waals surface area contributed by atoms with E-state index in [4.69, 9.17) is 10.3 Å². The molecule has 2 aromatic rings. The van der Waals surface area contributed by atoms with Crippen molar-refractivity contribution >= 4 is 0 Å². The van der Waals surface area contributed by atoms with Gasteiger partial charge in [-0.3, -0.25) is 0 Å². The summed E-state index contributed by atoms with van der Waals surface area (Å²) in [7, 11) is 0. The summed E-state index contributed by atoms with van der Waals surface area (Å²) < 4.78 is 6.49. The molecule has 2 aromatic heterocycles. The van der Waals surface area contributed by atoms with Gasteiger partial charge in [0.25, 0.3) is 0 Å². The monoisotopic (exact) mass is 194 g/mol. The van der Waals surface area contributed by atoms with Gasteiger partial charge in [-0.15, -0.1) is 5.10 Å². The van der Waals surface area contributed by atoms with Gasteiger partial charge < -0.3 is 10.3 Å². The summed E-state index contributed by atoms with van der Waals surface area (Å²) in [6.45, 7) is 2.26. The quantitative estimate of drug-likeness (QED) is 0.722. The van der Waals surface area contributed by atoms with Crippen LogP contribution in [-0.2, 0) is 6.54 Å². The molecule has 74 valence electrons. The lowest BCUT2D eigenvalue weighted by molar-refractivity contribution is 0.360. The highest BCUT2D eigenvalue weighted by atomic mass is 16.5. The summed E-state index contributed by atoms with van der Waals surface area (Å²) >= 11 is 0. The molecule has 7 nitrogen and oxygen atoms in total. The molecule has 1 atom stereocenters. The summed E-state index contributed by atoms with van der Waals surface area (Å²) in [5.74, 6) is 0.484. The molecule has 0 radical (unpaired) electrons. The Morgan fingerprint density at radius 2 is 2.50 bits per heavy atom. The average molecular weight is 194 g/mol. The molecule has 0 aliphatic heterocycles. The van der Waals surface area contributed by atoms with Gasteiger partial charge in [-0.1, -0.05) is 10.4 Å². The number of nitrogens with zero attached hydrogens (tertiary/aromatic N) is 5. The van der Waals surface area contributed by atoms with E-state index in [9.17, 15) is 0 Å². The molecule has 0 bridgehead atoms. The maximum Gasteiger partial charge on any atom is 0.248 e. The lowest BCUT2D eigenvalue weighted by Gasteiger charge is -2.05. The molecule has 14 heavy (non-hydrogen) atoms. The van der Waals surface area contributed by atoms with Crippen LogP contribution in [0.5, 0.6) is 0 Å². The lowest BCUT2D eigenvalue weighted by Crippen LogP contribution is -2.14.